The van der Waals surface area contributed by atoms with Gasteiger partial charge >= 0.3 is 0 Å². The fourth-order valence-electron chi connectivity index (χ4n) is 1.12. The number of rotatable bonds is 0. The van der Waals surface area contributed by atoms with Crippen LogP contribution in [0, 0.1) is 4.64 Å². The van der Waals surface area contributed by atoms with E-state index >= 15 is 0 Å². The van der Waals surface area contributed by atoms with Crippen LogP contribution in [0.3, 0.4) is 0 Å². The summed E-state index contributed by atoms with van der Waals surface area (Å²) in [5.74, 6) is 0. The molecule has 0 amide bonds. The minimum absolute atomic E-state index is 0.459. The van der Waals surface area contributed by atoms with Gasteiger partial charge in [-0.1, -0.05) is 35.4 Å². The summed E-state index contributed by atoms with van der Waals surface area (Å²) >= 11 is 16.9. The second-order valence-electron chi connectivity index (χ2n) is 2.49. The van der Waals surface area contributed by atoms with Gasteiger partial charge in [0.2, 0.25) is 0 Å². The summed E-state index contributed by atoms with van der Waals surface area (Å²) in [6, 6.07) is 3.43. The van der Waals surface area contributed by atoms with E-state index in [1.54, 1.807) is 12.1 Å². The Morgan fingerprint density at radius 2 is 1.92 bits per heavy atom. The molecule has 0 radical (unpaired) electrons. The SMILES string of the molecule is S=c1nc[nH]c2c(Cl)ccc(Cl)c12. The van der Waals surface area contributed by atoms with E-state index in [9.17, 15) is 0 Å². The van der Waals surface area contributed by atoms with Gasteiger partial charge in [-0.15, -0.1) is 0 Å². The fourth-order valence-corrected chi connectivity index (χ4v) is 1.90. The number of halogens is 2. The van der Waals surface area contributed by atoms with Crippen molar-refractivity contribution < 1.29 is 0 Å². The van der Waals surface area contributed by atoms with Gasteiger partial charge < -0.3 is 4.98 Å². The van der Waals surface area contributed by atoms with Crippen molar-refractivity contribution in [3.05, 3.63) is 33.1 Å². The molecule has 66 valence electrons. The molecule has 0 spiro atoms. The van der Waals surface area contributed by atoms with Gasteiger partial charge in [0, 0.05) is 0 Å². The fraction of sp³-hybridized carbons (Fsp3) is 0. The van der Waals surface area contributed by atoms with E-state index in [4.69, 9.17) is 35.4 Å². The molecule has 2 nitrogen and oxygen atoms in total. The maximum Gasteiger partial charge on any atom is 0.138 e. The van der Waals surface area contributed by atoms with Crippen molar-refractivity contribution in [2.45, 2.75) is 0 Å². The number of benzene rings is 1. The second kappa shape index (κ2) is 3.25. The highest BCUT2D eigenvalue weighted by molar-refractivity contribution is 7.71. The van der Waals surface area contributed by atoms with Crippen LogP contribution in [0.1, 0.15) is 0 Å². The van der Waals surface area contributed by atoms with E-state index in [0.29, 0.717) is 20.1 Å². The first-order valence-electron chi connectivity index (χ1n) is 3.51. The van der Waals surface area contributed by atoms with Crippen LogP contribution in [0.5, 0.6) is 0 Å². The van der Waals surface area contributed by atoms with Crippen LogP contribution in [-0.2, 0) is 0 Å². The Labute approximate surface area is 89.5 Å². The lowest BCUT2D eigenvalue weighted by Gasteiger charge is -2.01. The Morgan fingerprint density at radius 1 is 1.23 bits per heavy atom. The van der Waals surface area contributed by atoms with Gasteiger partial charge in [-0.2, -0.15) is 0 Å². The number of aromatic nitrogens is 2. The summed E-state index contributed by atoms with van der Waals surface area (Å²) in [5, 5.41) is 1.85. The number of hydrogen-bond acceptors (Lipinski definition) is 2. The van der Waals surface area contributed by atoms with Crippen LogP contribution in [0.25, 0.3) is 10.9 Å². The van der Waals surface area contributed by atoms with Crippen LogP contribution in [-0.4, -0.2) is 9.97 Å². The van der Waals surface area contributed by atoms with Crippen molar-refractivity contribution in [2.75, 3.05) is 0 Å². The predicted molar refractivity (Wildman–Crippen MR) is 56.9 cm³/mol. The molecule has 1 aromatic heterocycles. The molecule has 0 aliphatic carbocycles. The van der Waals surface area contributed by atoms with Crippen molar-refractivity contribution in [3.63, 3.8) is 0 Å². The minimum Gasteiger partial charge on any atom is -0.344 e. The van der Waals surface area contributed by atoms with Crippen LogP contribution < -0.4 is 0 Å². The van der Waals surface area contributed by atoms with Crippen molar-refractivity contribution >= 4 is 46.3 Å². The molecule has 0 bridgehead atoms. The number of aromatic amines is 1. The Kier molecular flexibility index (Phi) is 2.24. The largest absolute Gasteiger partial charge is 0.344 e. The Balaban J connectivity index is 3.09. The molecule has 0 saturated carbocycles. The van der Waals surface area contributed by atoms with Gasteiger partial charge in [0.25, 0.3) is 0 Å². The van der Waals surface area contributed by atoms with Crippen LogP contribution in [0.2, 0.25) is 10.0 Å². The summed E-state index contributed by atoms with van der Waals surface area (Å²) in [4.78, 5) is 6.83. The first-order valence-corrected chi connectivity index (χ1v) is 4.68. The van der Waals surface area contributed by atoms with E-state index in [2.05, 4.69) is 9.97 Å². The van der Waals surface area contributed by atoms with Crippen LogP contribution >= 0.6 is 35.4 Å². The molecule has 1 heterocycles. The van der Waals surface area contributed by atoms with Crippen molar-refractivity contribution in [1.29, 1.82) is 0 Å². The van der Waals surface area contributed by atoms with E-state index in [0.717, 1.165) is 5.52 Å². The Hall–Kier alpha value is -0.640. The van der Waals surface area contributed by atoms with Gasteiger partial charge in [-0.3, -0.25) is 0 Å². The van der Waals surface area contributed by atoms with E-state index in [1.165, 1.54) is 6.33 Å². The lowest BCUT2D eigenvalue weighted by Crippen LogP contribution is -1.85. The number of fused-ring (bicyclic) bond motifs is 1. The molecule has 0 unspecified atom stereocenters. The summed E-state index contributed by atoms with van der Waals surface area (Å²) in [5.41, 5.74) is 0.731. The standard InChI is InChI=1S/C8H4Cl2N2S/c9-4-1-2-5(10)7-6(4)8(13)12-3-11-7/h1-3H,(H,11,12,13). The smallest absolute Gasteiger partial charge is 0.138 e. The molecule has 1 aromatic carbocycles. The molecule has 0 aliphatic rings. The molecule has 0 atom stereocenters. The number of nitrogens with zero attached hydrogens (tertiary/aromatic N) is 1. The lowest BCUT2D eigenvalue weighted by molar-refractivity contribution is 1.21. The van der Waals surface area contributed by atoms with Crippen molar-refractivity contribution in [3.8, 4) is 0 Å². The van der Waals surface area contributed by atoms with Crippen LogP contribution in [0.4, 0.5) is 0 Å². The Morgan fingerprint density at radius 3 is 2.62 bits per heavy atom. The molecule has 2 rings (SSSR count). The zero-order valence-electron chi connectivity index (χ0n) is 6.34. The second-order valence-corrected chi connectivity index (χ2v) is 3.69. The van der Waals surface area contributed by atoms with E-state index in [-0.39, 0.29) is 0 Å². The molecular weight excluding hydrogens is 227 g/mol. The zero-order valence-corrected chi connectivity index (χ0v) is 8.67. The third-order valence-corrected chi connectivity index (χ3v) is 2.65. The summed E-state index contributed by atoms with van der Waals surface area (Å²) in [6.45, 7) is 0. The summed E-state index contributed by atoms with van der Waals surface area (Å²) < 4.78 is 0.459. The number of H-pyrrole nitrogens is 1. The third kappa shape index (κ3) is 1.43. The monoisotopic (exact) mass is 230 g/mol. The maximum atomic E-state index is 5.95. The van der Waals surface area contributed by atoms with Gasteiger partial charge in [-0.05, 0) is 12.1 Å². The van der Waals surface area contributed by atoms with Crippen molar-refractivity contribution in [2.24, 2.45) is 0 Å². The number of nitrogens with one attached hydrogen (secondary N) is 1. The van der Waals surface area contributed by atoms with Crippen LogP contribution in [0.15, 0.2) is 18.5 Å². The molecule has 1 N–H and O–H groups in total. The Bertz CT molecular complexity index is 521. The average molecular weight is 231 g/mol. The predicted octanol–water partition coefficient (Wildman–Crippen LogP) is 3.60. The molecular formula is C8H4Cl2N2S. The van der Waals surface area contributed by atoms with Gasteiger partial charge in [0.05, 0.1) is 27.3 Å². The summed E-state index contributed by atoms with van der Waals surface area (Å²) in [6.07, 6.45) is 1.51. The highest BCUT2D eigenvalue weighted by Gasteiger charge is 2.04. The minimum atomic E-state index is 0.459. The first kappa shape index (κ1) is 8.94. The molecule has 5 heteroatoms. The average Bonchev–Trinajstić information content (AvgIpc) is 2.12. The van der Waals surface area contributed by atoms with Gasteiger partial charge in [0.1, 0.15) is 4.64 Å². The molecule has 2 aromatic rings. The summed E-state index contributed by atoms with van der Waals surface area (Å²) in [7, 11) is 0. The van der Waals surface area contributed by atoms with Crippen molar-refractivity contribution in [1.82, 2.24) is 9.97 Å². The third-order valence-electron chi connectivity index (χ3n) is 1.71. The molecule has 0 saturated heterocycles. The topological polar surface area (TPSA) is 28.7 Å². The highest BCUT2D eigenvalue weighted by Crippen LogP contribution is 2.27. The van der Waals surface area contributed by atoms with E-state index < -0.39 is 0 Å². The first-order chi connectivity index (χ1) is 6.20. The quantitative estimate of drug-likeness (QED) is 0.701. The zero-order chi connectivity index (χ0) is 9.42. The van der Waals surface area contributed by atoms with E-state index in [1.807, 2.05) is 0 Å². The lowest BCUT2D eigenvalue weighted by atomic mass is 10.2. The van der Waals surface area contributed by atoms with Gasteiger partial charge in [0.15, 0.2) is 0 Å². The molecule has 0 aliphatic heterocycles. The molecule has 0 fully saturated rings. The molecule has 13 heavy (non-hydrogen) atoms. The maximum absolute atomic E-state index is 5.95. The number of hydrogen-bond donors (Lipinski definition) is 1. The van der Waals surface area contributed by atoms with Gasteiger partial charge in [-0.25, -0.2) is 4.98 Å². The normalized spacial score (nSPS) is 10.6. The highest BCUT2D eigenvalue weighted by atomic mass is 35.5.